The Labute approximate surface area is 55.3 Å². The molecule has 0 aromatic carbocycles. The van der Waals surface area contributed by atoms with Gasteiger partial charge in [-0.15, -0.1) is 0 Å². The minimum atomic E-state index is -0.176. The molecule has 0 aromatic rings. The van der Waals surface area contributed by atoms with E-state index in [1.807, 2.05) is 6.92 Å². The van der Waals surface area contributed by atoms with Gasteiger partial charge in [-0.3, -0.25) is 0 Å². The van der Waals surface area contributed by atoms with Crippen molar-refractivity contribution in [2.75, 3.05) is 7.05 Å². The number of allylic oxidation sites excluding steroid dienone is 4. The average molecular weight is 129 g/mol. The zero-order chi connectivity index (χ0) is 7.28. The van der Waals surface area contributed by atoms with E-state index in [-0.39, 0.29) is 5.83 Å². The van der Waals surface area contributed by atoms with E-state index in [4.69, 9.17) is 0 Å². The molecule has 0 aliphatic heterocycles. The molecule has 1 N–H and O–H groups in total. The van der Waals surface area contributed by atoms with Gasteiger partial charge in [0.15, 0.2) is 0 Å². The Morgan fingerprint density at radius 1 is 1.33 bits per heavy atom. The molecule has 0 saturated carbocycles. The molecule has 0 fully saturated rings. The minimum Gasteiger partial charge on any atom is -0.392 e. The van der Waals surface area contributed by atoms with Crippen LogP contribution < -0.4 is 5.32 Å². The third kappa shape index (κ3) is 5.07. The summed E-state index contributed by atoms with van der Waals surface area (Å²) in [6, 6.07) is 0. The lowest BCUT2D eigenvalue weighted by Gasteiger charge is -1.93. The molecule has 2 heteroatoms. The van der Waals surface area contributed by atoms with Crippen LogP contribution in [0.1, 0.15) is 13.8 Å². The summed E-state index contributed by atoms with van der Waals surface area (Å²) in [5.41, 5.74) is 0.951. The fourth-order valence-electron chi connectivity index (χ4n) is 0.323. The maximum atomic E-state index is 12.0. The first kappa shape index (κ1) is 8.21. The normalized spacial score (nSPS) is 13.8. The molecule has 0 aromatic heterocycles. The Hall–Kier alpha value is -0.790. The molecule has 0 bridgehead atoms. The highest BCUT2D eigenvalue weighted by molar-refractivity contribution is 5.10. The van der Waals surface area contributed by atoms with Crippen LogP contribution in [0.15, 0.2) is 23.7 Å². The monoisotopic (exact) mass is 129 g/mol. The molecule has 0 radical (unpaired) electrons. The van der Waals surface area contributed by atoms with Gasteiger partial charge in [-0.1, -0.05) is 0 Å². The molecule has 0 rings (SSSR count). The minimum absolute atomic E-state index is 0.176. The average Bonchev–Trinajstić information content (AvgIpc) is 1.83. The van der Waals surface area contributed by atoms with Gasteiger partial charge in [0, 0.05) is 12.7 Å². The molecule has 9 heavy (non-hydrogen) atoms. The highest BCUT2D eigenvalue weighted by Crippen LogP contribution is 1.94. The van der Waals surface area contributed by atoms with Crippen LogP contribution in [0.4, 0.5) is 4.39 Å². The predicted molar refractivity (Wildman–Crippen MR) is 37.7 cm³/mol. The van der Waals surface area contributed by atoms with Gasteiger partial charge in [0.05, 0.1) is 5.83 Å². The van der Waals surface area contributed by atoms with Crippen LogP contribution in [0.5, 0.6) is 0 Å². The molecule has 0 atom stereocenters. The van der Waals surface area contributed by atoms with E-state index in [9.17, 15) is 4.39 Å². The van der Waals surface area contributed by atoms with Crippen molar-refractivity contribution in [1.82, 2.24) is 5.32 Å². The second kappa shape index (κ2) is 4.13. The molecule has 0 amide bonds. The molecule has 0 aliphatic carbocycles. The van der Waals surface area contributed by atoms with E-state index in [0.717, 1.165) is 5.70 Å². The number of hydrogen-bond donors (Lipinski definition) is 1. The fraction of sp³-hybridized carbons (Fsp3) is 0.429. The Morgan fingerprint density at radius 2 is 1.89 bits per heavy atom. The van der Waals surface area contributed by atoms with Crippen molar-refractivity contribution < 1.29 is 4.39 Å². The van der Waals surface area contributed by atoms with Crippen LogP contribution >= 0.6 is 0 Å². The molecule has 52 valence electrons. The van der Waals surface area contributed by atoms with Crippen LogP contribution in [-0.2, 0) is 0 Å². The summed E-state index contributed by atoms with van der Waals surface area (Å²) < 4.78 is 12.0. The van der Waals surface area contributed by atoms with Crippen molar-refractivity contribution in [3.63, 3.8) is 0 Å². The molecular formula is C7H12FN. The van der Waals surface area contributed by atoms with E-state index < -0.39 is 0 Å². The van der Waals surface area contributed by atoms with Gasteiger partial charge < -0.3 is 5.32 Å². The van der Waals surface area contributed by atoms with Crippen molar-refractivity contribution in [3.05, 3.63) is 23.7 Å². The lowest BCUT2D eigenvalue weighted by Crippen LogP contribution is -2.00. The third-order valence-electron chi connectivity index (χ3n) is 0.957. The summed E-state index contributed by atoms with van der Waals surface area (Å²) in [4.78, 5) is 0. The molecule has 1 nitrogen and oxygen atoms in total. The Kier molecular flexibility index (Phi) is 3.76. The van der Waals surface area contributed by atoms with E-state index in [2.05, 4.69) is 5.32 Å². The van der Waals surface area contributed by atoms with Gasteiger partial charge in [-0.2, -0.15) is 0 Å². The predicted octanol–water partition coefficient (Wildman–Crippen LogP) is 1.98. The van der Waals surface area contributed by atoms with E-state index >= 15 is 0 Å². The maximum Gasteiger partial charge on any atom is 0.0969 e. The highest BCUT2D eigenvalue weighted by atomic mass is 19.1. The van der Waals surface area contributed by atoms with E-state index in [0.29, 0.717) is 0 Å². The molecule has 0 saturated heterocycles. The van der Waals surface area contributed by atoms with Gasteiger partial charge in [-0.25, -0.2) is 4.39 Å². The largest absolute Gasteiger partial charge is 0.392 e. The summed E-state index contributed by atoms with van der Waals surface area (Å²) in [7, 11) is 1.80. The van der Waals surface area contributed by atoms with Crippen molar-refractivity contribution in [3.8, 4) is 0 Å². The van der Waals surface area contributed by atoms with Crippen molar-refractivity contribution in [2.45, 2.75) is 13.8 Å². The second-order valence-electron chi connectivity index (χ2n) is 1.85. The van der Waals surface area contributed by atoms with Crippen molar-refractivity contribution >= 4 is 0 Å². The molecule has 0 aliphatic rings. The first-order valence-electron chi connectivity index (χ1n) is 2.85. The van der Waals surface area contributed by atoms with Gasteiger partial charge in [0.25, 0.3) is 0 Å². The number of nitrogens with one attached hydrogen (secondary N) is 1. The van der Waals surface area contributed by atoms with Gasteiger partial charge >= 0.3 is 0 Å². The Bertz CT molecular complexity index is 132. The smallest absolute Gasteiger partial charge is 0.0969 e. The van der Waals surface area contributed by atoms with Crippen molar-refractivity contribution in [1.29, 1.82) is 0 Å². The van der Waals surface area contributed by atoms with Crippen LogP contribution in [0.25, 0.3) is 0 Å². The SMILES string of the molecule is CN/C(C)=C\C=C(/C)F. The molecule has 0 spiro atoms. The summed E-state index contributed by atoms with van der Waals surface area (Å²) >= 11 is 0. The van der Waals surface area contributed by atoms with E-state index in [1.54, 1.807) is 13.1 Å². The summed E-state index contributed by atoms with van der Waals surface area (Å²) in [5, 5.41) is 2.87. The van der Waals surface area contributed by atoms with Crippen LogP contribution in [0.2, 0.25) is 0 Å². The third-order valence-corrected chi connectivity index (χ3v) is 0.957. The summed E-state index contributed by atoms with van der Waals surface area (Å²) in [5.74, 6) is -0.176. The highest BCUT2D eigenvalue weighted by Gasteiger charge is 1.79. The first-order valence-corrected chi connectivity index (χ1v) is 2.85. The van der Waals surface area contributed by atoms with Crippen molar-refractivity contribution in [2.24, 2.45) is 0 Å². The van der Waals surface area contributed by atoms with Gasteiger partial charge in [0.2, 0.25) is 0 Å². The molecular weight excluding hydrogens is 117 g/mol. The lowest BCUT2D eigenvalue weighted by atomic mass is 10.4. The summed E-state index contributed by atoms with van der Waals surface area (Å²) in [6.07, 6.45) is 3.11. The Morgan fingerprint density at radius 3 is 2.22 bits per heavy atom. The number of halogens is 1. The van der Waals surface area contributed by atoms with Gasteiger partial charge in [-0.05, 0) is 26.0 Å². The first-order chi connectivity index (χ1) is 4.16. The molecule has 0 heterocycles. The van der Waals surface area contributed by atoms with Crippen LogP contribution in [0.3, 0.4) is 0 Å². The lowest BCUT2D eigenvalue weighted by molar-refractivity contribution is 0.640. The zero-order valence-electron chi connectivity index (χ0n) is 6.03. The van der Waals surface area contributed by atoms with E-state index in [1.165, 1.54) is 13.0 Å². The Balaban J connectivity index is 3.83. The maximum absolute atomic E-state index is 12.0. The zero-order valence-corrected chi connectivity index (χ0v) is 6.03. The fourth-order valence-corrected chi connectivity index (χ4v) is 0.323. The topological polar surface area (TPSA) is 12.0 Å². The summed E-state index contributed by atoms with van der Waals surface area (Å²) in [6.45, 7) is 3.29. The standard InChI is InChI=1S/C7H12FN/c1-6(8)4-5-7(2)9-3/h4-5,9H,1-3H3/b6-4+,7-5-. The quantitative estimate of drug-likeness (QED) is 0.562. The van der Waals surface area contributed by atoms with Gasteiger partial charge in [0.1, 0.15) is 0 Å². The number of rotatable bonds is 2. The molecule has 0 unspecified atom stereocenters. The second-order valence-corrected chi connectivity index (χ2v) is 1.85. The van der Waals surface area contributed by atoms with Crippen LogP contribution in [0, 0.1) is 0 Å². The number of hydrogen-bond acceptors (Lipinski definition) is 1. The van der Waals surface area contributed by atoms with Crippen LogP contribution in [-0.4, -0.2) is 7.05 Å².